The molecule has 168 valence electrons. The molecule has 0 spiro atoms. The number of hydrogen-bond donors (Lipinski definition) is 2. The molecule has 3 aromatic carbocycles. The minimum atomic E-state index is -1.01. The van der Waals surface area contributed by atoms with E-state index >= 15 is 0 Å². The second kappa shape index (κ2) is 11.0. The largest absolute Gasteiger partial charge is 0.422 e. The lowest BCUT2D eigenvalue weighted by Gasteiger charge is -2.10. The fraction of sp³-hybridized carbons (Fsp3) is 0.0435. The third-order valence-electron chi connectivity index (χ3n) is 4.21. The van der Waals surface area contributed by atoms with E-state index in [0.717, 1.165) is 0 Å². The summed E-state index contributed by atoms with van der Waals surface area (Å²) >= 11 is 17.6. The first-order chi connectivity index (χ1) is 15.7. The van der Waals surface area contributed by atoms with Gasteiger partial charge in [0.05, 0.1) is 11.3 Å². The first kappa shape index (κ1) is 24.3. The van der Waals surface area contributed by atoms with Gasteiger partial charge < -0.3 is 10.1 Å². The van der Waals surface area contributed by atoms with Crippen LogP contribution in [0.15, 0.2) is 71.8 Å². The van der Waals surface area contributed by atoms with Crippen molar-refractivity contribution in [3.05, 3.63) is 92.9 Å². The Morgan fingerprint density at radius 3 is 2.12 bits per heavy atom. The molecule has 0 aliphatic heterocycles. The van der Waals surface area contributed by atoms with E-state index in [4.69, 9.17) is 39.5 Å². The number of carbonyl (C=O) groups is 3. The Labute approximate surface area is 204 Å². The van der Waals surface area contributed by atoms with Crippen molar-refractivity contribution in [2.75, 3.05) is 5.32 Å². The summed E-state index contributed by atoms with van der Waals surface area (Å²) in [7, 11) is 0. The minimum absolute atomic E-state index is 0.228. The number of benzene rings is 3. The molecule has 0 fully saturated rings. The van der Waals surface area contributed by atoms with E-state index in [2.05, 4.69) is 15.8 Å². The number of nitrogens with one attached hydrogen (secondary N) is 2. The van der Waals surface area contributed by atoms with E-state index in [1.54, 1.807) is 55.5 Å². The molecule has 3 rings (SSSR count). The van der Waals surface area contributed by atoms with Crippen LogP contribution in [0.4, 0.5) is 5.69 Å². The second-order valence-corrected chi connectivity index (χ2v) is 7.95. The number of ether oxygens (including phenoxy) is 1. The standard InChI is InChI=1S/C23H16Cl3N3O4/c1-13(28-29-22(31)21(30)27-18-11-16(25)10-17(26)12-18)19-4-2-3-5-20(19)33-23(32)14-6-8-15(24)9-7-14/h2-12H,1H3,(H,27,30)(H,29,31). The van der Waals surface area contributed by atoms with Gasteiger partial charge in [0.25, 0.3) is 0 Å². The zero-order valence-electron chi connectivity index (χ0n) is 17.1. The smallest absolute Gasteiger partial charge is 0.343 e. The molecule has 0 aliphatic rings. The first-order valence-corrected chi connectivity index (χ1v) is 10.5. The molecular formula is C23H16Cl3N3O4. The number of nitrogens with zero attached hydrogens (tertiary/aromatic N) is 1. The van der Waals surface area contributed by atoms with Gasteiger partial charge in [-0.25, -0.2) is 10.2 Å². The van der Waals surface area contributed by atoms with Crippen LogP contribution in [0.5, 0.6) is 5.75 Å². The van der Waals surface area contributed by atoms with Crippen molar-refractivity contribution in [1.82, 2.24) is 5.43 Å². The Balaban J connectivity index is 1.69. The molecule has 2 amide bonds. The average molecular weight is 505 g/mol. The zero-order valence-corrected chi connectivity index (χ0v) is 19.3. The van der Waals surface area contributed by atoms with Crippen LogP contribution in [0.1, 0.15) is 22.8 Å². The van der Waals surface area contributed by atoms with Crippen LogP contribution < -0.4 is 15.5 Å². The summed E-state index contributed by atoms with van der Waals surface area (Å²) in [5.74, 6) is -2.34. The summed E-state index contributed by atoms with van der Waals surface area (Å²) in [5.41, 5.74) is 3.49. The van der Waals surface area contributed by atoms with Crippen LogP contribution in [0.25, 0.3) is 0 Å². The lowest BCUT2D eigenvalue weighted by Crippen LogP contribution is -2.33. The minimum Gasteiger partial charge on any atom is -0.422 e. The number of para-hydroxylation sites is 1. The summed E-state index contributed by atoms with van der Waals surface area (Å²) < 4.78 is 5.47. The van der Waals surface area contributed by atoms with E-state index in [1.165, 1.54) is 18.2 Å². The Kier molecular flexibility index (Phi) is 8.06. The topological polar surface area (TPSA) is 96.9 Å². The summed E-state index contributed by atoms with van der Waals surface area (Å²) in [5, 5.41) is 7.42. The number of hydrazone groups is 1. The molecule has 0 saturated carbocycles. The normalized spacial score (nSPS) is 11.0. The Hall–Kier alpha value is -3.39. The number of carbonyl (C=O) groups excluding carboxylic acids is 3. The van der Waals surface area contributed by atoms with Gasteiger partial charge in [-0.05, 0) is 61.5 Å². The lowest BCUT2D eigenvalue weighted by molar-refractivity contribution is -0.136. The summed E-state index contributed by atoms with van der Waals surface area (Å²) in [6, 6.07) is 17.3. The van der Waals surface area contributed by atoms with Crippen LogP contribution >= 0.6 is 34.8 Å². The highest BCUT2D eigenvalue weighted by molar-refractivity contribution is 6.40. The summed E-state index contributed by atoms with van der Waals surface area (Å²) in [6.45, 7) is 1.59. The van der Waals surface area contributed by atoms with E-state index in [-0.39, 0.29) is 11.4 Å². The predicted octanol–water partition coefficient (Wildman–Crippen LogP) is 5.34. The van der Waals surface area contributed by atoms with Gasteiger partial charge in [-0.1, -0.05) is 46.9 Å². The van der Waals surface area contributed by atoms with Crippen LogP contribution in [0.3, 0.4) is 0 Å². The van der Waals surface area contributed by atoms with Gasteiger partial charge in [-0.3, -0.25) is 9.59 Å². The Morgan fingerprint density at radius 2 is 1.45 bits per heavy atom. The highest BCUT2D eigenvalue weighted by atomic mass is 35.5. The fourth-order valence-corrected chi connectivity index (χ4v) is 3.31. The first-order valence-electron chi connectivity index (χ1n) is 9.42. The molecule has 0 saturated heterocycles. The van der Waals surface area contributed by atoms with Gasteiger partial charge in [0.1, 0.15) is 5.75 Å². The number of amides is 2. The maximum Gasteiger partial charge on any atom is 0.343 e. The van der Waals surface area contributed by atoms with E-state index in [0.29, 0.717) is 31.9 Å². The number of hydrogen-bond acceptors (Lipinski definition) is 5. The maximum atomic E-state index is 12.4. The van der Waals surface area contributed by atoms with Crippen molar-refractivity contribution >= 4 is 64.0 Å². The lowest BCUT2D eigenvalue weighted by atomic mass is 10.1. The second-order valence-electron chi connectivity index (χ2n) is 6.64. The maximum absolute atomic E-state index is 12.4. The highest BCUT2D eigenvalue weighted by Gasteiger charge is 2.16. The van der Waals surface area contributed by atoms with E-state index in [1.807, 2.05) is 0 Å². The monoisotopic (exact) mass is 503 g/mol. The van der Waals surface area contributed by atoms with Crippen LogP contribution in [0, 0.1) is 0 Å². The number of esters is 1. The van der Waals surface area contributed by atoms with E-state index < -0.39 is 17.8 Å². The fourth-order valence-electron chi connectivity index (χ4n) is 2.66. The molecule has 33 heavy (non-hydrogen) atoms. The SMILES string of the molecule is CC(=NNC(=O)C(=O)Nc1cc(Cl)cc(Cl)c1)c1ccccc1OC(=O)c1ccc(Cl)cc1. The number of rotatable bonds is 5. The van der Waals surface area contributed by atoms with Crippen molar-refractivity contribution in [3.63, 3.8) is 0 Å². The summed E-state index contributed by atoms with van der Waals surface area (Å²) in [6.07, 6.45) is 0. The van der Waals surface area contributed by atoms with Gasteiger partial charge in [0.2, 0.25) is 0 Å². The third-order valence-corrected chi connectivity index (χ3v) is 4.90. The quantitative estimate of drug-likeness (QED) is 0.161. The number of halogens is 3. The molecule has 0 bridgehead atoms. The molecule has 0 radical (unpaired) electrons. The van der Waals surface area contributed by atoms with Crippen molar-refractivity contribution in [2.45, 2.75) is 6.92 Å². The average Bonchev–Trinajstić information content (AvgIpc) is 2.77. The highest BCUT2D eigenvalue weighted by Crippen LogP contribution is 2.23. The van der Waals surface area contributed by atoms with Crippen LogP contribution in [-0.4, -0.2) is 23.5 Å². The molecule has 0 heterocycles. The van der Waals surface area contributed by atoms with Crippen LogP contribution in [0.2, 0.25) is 15.1 Å². The van der Waals surface area contributed by atoms with Gasteiger partial charge in [0.15, 0.2) is 0 Å². The number of anilines is 1. The molecule has 3 aromatic rings. The molecular weight excluding hydrogens is 489 g/mol. The van der Waals surface area contributed by atoms with Crippen molar-refractivity contribution < 1.29 is 19.1 Å². The molecule has 0 aromatic heterocycles. The molecule has 7 nitrogen and oxygen atoms in total. The molecule has 0 unspecified atom stereocenters. The summed E-state index contributed by atoms with van der Waals surface area (Å²) in [4.78, 5) is 36.7. The van der Waals surface area contributed by atoms with Crippen molar-refractivity contribution in [3.8, 4) is 5.75 Å². The molecule has 10 heteroatoms. The van der Waals surface area contributed by atoms with E-state index in [9.17, 15) is 14.4 Å². The Bertz CT molecular complexity index is 1220. The molecule has 0 atom stereocenters. The van der Waals surface area contributed by atoms with Crippen molar-refractivity contribution in [2.24, 2.45) is 5.10 Å². The van der Waals surface area contributed by atoms with Gasteiger partial charge >= 0.3 is 17.8 Å². The van der Waals surface area contributed by atoms with Gasteiger partial charge in [-0.15, -0.1) is 0 Å². The molecule has 2 N–H and O–H groups in total. The van der Waals surface area contributed by atoms with Gasteiger partial charge in [-0.2, -0.15) is 5.10 Å². The zero-order chi connectivity index (χ0) is 24.0. The van der Waals surface area contributed by atoms with Gasteiger partial charge in [0, 0.05) is 26.3 Å². The molecule has 0 aliphatic carbocycles. The van der Waals surface area contributed by atoms with Crippen molar-refractivity contribution in [1.29, 1.82) is 0 Å². The predicted molar refractivity (Wildman–Crippen MR) is 128 cm³/mol. The van der Waals surface area contributed by atoms with Crippen LogP contribution in [-0.2, 0) is 9.59 Å². The third kappa shape index (κ3) is 6.79. The Morgan fingerprint density at radius 1 is 0.818 bits per heavy atom.